The van der Waals surface area contributed by atoms with E-state index in [-0.39, 0.29) is 24.7 Å². The Morgan fingerprint density at radius 3 is 1.21 bits per heavy atom. The van der Waals surface area contributed by atoms with Crippen molar-refractivity contribution in [2.45, 2.75) is 93.9 Å². The molecular weight excluding hydrogens is 953 g/mol. The summed E-state index contributed by atoms with van der Waals surface area (Å²) in [6.07, 6.45) is 3.64. The standard InChI is InChI=1S/C62H78N8O6/c1-9-43-39(5)59-57-47-17-13-15-19-49(47)63-55(71)21-23-69-25-29-73-33-35-75-31-27-70(28-32-76-36-34-74-30-26-69)24-22-56(72)64-50-20-16-14-18-48(50)58(61-40(6)44(10-2)52(66-61)37-51(43)65-59)62-42(8)46(12-4)54(68-62)38-53-45(11-3)41(7)60(57)67-53/h13-20,37-38,65,68H,9-12,21-36H2,1-8H3,(H,63,71)(H,64,72). The summed E-state index contributed by atoms with van der Waals surface area (Å²) in [5.74, 6) is -0.166. The summed E-state index contributed by atoms with van der Waals surface area (Å²) < 4.78 is 24.2. The highest BCUT2D eigenvalue weighted by Crippen LogP contribution is 2.46. The number of nitrogens with zero attached hydrogens (tertiary/aromatic N) is 4. The average molecular weight is 1030 g/mol. The third-order valence-corrected chi connectivity index (χ3v) is 15.7. The van der Waals surface area contributed by atoms with Crippen LogP contribution in [0.3, 0.4) is 0 Å². The van der Waals surface area contributed by atoms with Gasteiger partial charge in [-0.15, -0.1) is 0 Å². The molecule has 1 fully saturated rings. The van der Waals surface area contributed by atoms with E-state index in [1.165, 1.54) is 11.1 Å². The largest absolute Gasteiger partial charge is 0.378 e. The van der Waals surface area contributed by atoms with E-state index in [9.17, 15) is 9.59 Å². The van der Waals surface area contributed by atoms with Crippen LogP contribution >= 0.6 is 0 Å². The summed E-state index contributed by atoms with van der Waals surface area (Å²) in [6.45, 7) is 24.9. The predicted octanol–water partition coefficient (Wildman–Crippen LogP) is 11.4. The fraction of sp³-hybridized carbons (Fsp3) is 0.452. The number of hydrogen-bond donors (Lipinski definition) is 4. The van der Waals surface area contributed by atoms with Gasteiger partial charge in [0.05, 0.1) is 86.7 Å². The number of H-pyrrole nitrogens is 2. The maximum atomic E-state index is 14.3. The second-order valence-corrected chi connectivity index (χ2v) is 20.2. The summed E-state index contributed by atoms with van der Waals surface area (Å²) in [7, 11) is 0. The number of aryl methyl sites for hydroxylation is 4. The van der Waals surface area contributed by atoms with E-state index < -0.39 is 0 Å². The van der Waals surface area contributed by atoms with Crippen molar-refractivity contribution in [3.8, 4) is 22.3 Å². The second kappa shape index (κ2) is 25.3. The van der Waals surface area contributed by atoms with Crippen LogP contribution in [0.5, 0.6) is 0 Å². The second-order valence-electron chi connectivity index (χ2n) is 20.2. The molecule has 12 rings (SSSR count). The van der Waals surface area contributed by atoms with Crippen LogP contribution in [0.2, 0.25) is 0 Å². The Morgan fingerprint density at radius 1 is 0.487 bits per heavy atom. The van der Waals surface area contributed by atoms with Crippen LogP contribution in [0, 0.1) is 13.8 Å². The zero-order valence-corrected chi connectivity index (χ0v) is 46.2. The minimum atomic E-state index is -0.0831. The number of benzene rings is 2. The number of carbonyl (C=O) groups is 2. The van der Waals surface area contributed by atoms with Gasteiger partial charge >= 0.3 is 0 Å². The number of hydrogen-bond acceptors (Lipinski definition) is 10. The minimum Gasteiger partial charge on any atom is -0.378 e. The summed E-state index contributed by atoms with van der Waals surface area (Å²) >= 11 is 0. The summed E-state index contributed by atoms with van der Waals surface area (Å²) in [6, 6.07) is 20.7. The van der Waals surface area contributed by atoms with Gasteiger partial charge in [0.2, 0.25) is 11.8 Å². The Bertz CT molecular complexity index is 2950. The van der Waals surface area contributed by atoms with Gasteiger partial charge in [-0.2, -0.15) is 0 Å². The van der Waals surface area contributed by atoms with E-state index in [4.69, 9.17) is 28.9 Å². The van der Waals surface area contributed by atoms with Crippen molar-refractivity contribution in [1.82, 2.24) is 29.7 Å². The third kappa shape index (κ3) is 11.8. The van der Waals surface area contributed by atoms with E-state index in [2.05, 4.69) is 110 Å². The van der Waals surface area contributed by atoms with Crippen molar-refractivity contribution in [2.24, 2.45) is 0 Å². The molecule has 0 spiro atoms. The molecule has 5 aromatic rings. The molecule has 0 radical (unpaired) electrons. The number of anilines is 2. The lowest BCUT2D eigenvalue weighted by atomic mass is 9.94. The summed E-state index contributed by atoms with van der Waals surface area (Å²) in [4.78, 5) is 52.3. The number of rotatable bonds is 4. The van der Waals surface area contributed by atoms with E-state index in [0.717, 1.165) is 126 Å². The molecule has 402 valence electrons. The Balaban J connectivity index is 1.33. The number of carbonyl (C=O) groups excluding carboxylic acids is 2. The van der Waals surface area contributed by atoms with Crippen LogP contribution in [0.15, 0.2) is 60.7 Å². The van der Waals surface area contributed by atoms with Gasteiger partial charge in [-0.1, -0.05) is 64.1 Å². The SMILES string of the molecule is CCC1=C(C)c2nc1cc1[nH]c(c(C)c1CC)c1c3nc(cc4[nH]c(c(C)c4CC)c2-c2ccccc2NC(=O)CCN2CCOCCOCCN(CCOCCOCC2)CCC(=O)Nc2ccccc2-1)C(CC)=C3C. The number of allylic oxidation sites excluding steroid dienone is 4. The quantitative estimate of drug-likeness (QED) is 0.136. The van der Waals surface area contributed by atoms with Crippen molar-refractivity contribution in [1.29, 1.82) is 0 Å². The first-order valence-corrected chi connectivity index (χ1v) is 27.8. The Morgan fingerprint density at radius 2 is 0.855 bits per heavy atom. The number of ether oxygens (including phenoxy) is 4. The summed E-state index contributed by atoms with van der Waals surface area (Å²) in [5, 5.41) is 6.74. The van der Waals surface area contributed by atoms with Crippen LogP contribution in [0.4, 0.5) is 11.4 Å². The van der Waals surface area contributed by atoms with Gasteiger partial charge in [0.15, 0.2) is 0 Å². The number of para-hydroxylation sites is 2. The van der Waals surface area contributed by atoms with Gasteiger partial charge in [-0.05, 0) is 122 Å². The molecule has 14 nitrogen and oxygen atoms in total. The monoisotopic (exact) mass is 1030 g/mol. The molecule has 0 aliphatic carbocycles. The van der Waals surface area contributed by atoms with Gasteiger partial charge in [0, 0.05) is 96.8 Å². The minimum absolute atomic E-state index is 0.0831. The van der Waals surface area contributed by atoms with Gasteiger partial charge in [0.25, 0.3) is 0 Å². The first-order chi connectivity index (χ1) is 37.0. The molecule has 7 aliphatic heterocycles. The molecule has 10 heterocycles. The molecule has 14 heteroatoms. The fourth-order valence-electron chi connectivity index (χ4n) is 11.5. The summed E-state index contributed by atoms with van der Waals surface area (Å²) in [5.41, 5.74) is 21.6. The molecule has 0 saturated carbocycles. The van der Waals surface area contributed by atoms with Crippen molar-refractivity contribution >= 4 is 67.5 Å². The van der Waals surface area contributed by atoms with Crippen molar-refractivity contribution in [3.05, 3.63) is 106 Å². The Kier molecular flexibility index (Phi) is 18.1. The first kappa shape index (κ1) is 54.5. The smallest absolute Gasteiger partial charge is 0.225 e. The zero-order valence-electron chi connectivity index (χ0n) is 46.2. The number of aromatic amines is 2. The highest BCUT2D eigenvalue weighted by Gasteiger charge is 2.28. The van der Waals surface area contributed by atoms with Crippen molar-refractivity contribution in [3.63, 3.8) is 0 Å². The van der Waals surface area contributed by atoms with Crippen LogP contribution < -0.4 is 10.6 Å². The van der Waals surface area contributed by atoms with Gasteiger partial charge in [-0.25, -0.2) is 9.97 Å². The molecule has 4 N–H and O–H groups in total. The molecule has 3 aromatic heterocycles. The Labute approximate surface area is 448 Å². The van der Waals surface area contributed by atoms with E-state index in [1.807, 2.05) is 36.4 Å². The third-order valence-electron chi connectivity index (χ3n) is 15.7. The highest BCUT2D eigenvalue weighted by atomic mass is 16.5. The maximum Gasteiger partial charge on any atom is 0.225 e. The molecule has 7 aliphatic rings. The van der Waals surface area contributed by atoms with Crippen LogP contribution in [0.1, 0.15) is 112 Å². The van der Waals surface area contributed by atoms with Gasteiger partial charge in [0.1, 0.15) is 0 Å². The molecule has 2 aromatic carbocycles. The Hall–Kier alpha value is -6.26. The topological polar surface area (TPSA) is 159 Å². The molecule has 12 bridgehead atoms. The predicted molar refractivity (Wildman–Crippen MR) is 308 cm³/mol. The number of amides is 2. The van der Waals surface area contributed by atoms with E-state index >= 15 is 0 Å². The normalized spacial score (nSPS) is 19.2. The lowest BCUT2D eigenvalue weighted by Gasteiger charge is -2.23. The van der Waals surface area contributed by atoms with E-state index in [1.54, 1.807) is 0 Å². The maximum absolute atomic E-state index is 14.3. The van der Waals surface area contributed by atoms with E-state index in [0.29, 0.717) is 103 Å². The first-order valence-electron chi connectivity index (χ1n) is 27.8. The highest BCUT2D eigenvalue weighted by molar-refractivity contribution is 6.07. The lowest BCUT2D eigenvalue weighted by Crippen LogP contribution is -2.35. The molecule has 76 heavy (non-hydrogen) atoms. The fourth-order valence-corrected chi connectivity index (χ4v) is 11.5. The molecule has 2 amide bonds. The van der Waals surface area contributed by atoms with Crippen molar-refractivity contribution < 1.29 is 28.5 Å². The molecule has 1 saturated heterocycles. The zero-order chi connectivity index (χ0) is 53.3. The van der Waals surface area contributed by atoms with Gasteiger partial charge < -0.3 is 39.5 Å². The van der Waals surface area contributed by atoms with Crippen LogP contribution in [0.25, 0.3) is 66.6 Å². The van der Waals surface area contributed by atoms with Gasteiger partial charge in [-0.3, -0.25) is 19.4 Å². The van der Waals surface area contributed by atoms with Crippen LogP contribution in [-0.2, 0) is 41.4 Å². The molecule has 0 unspecified atom stereocenters. The molecular formula is C62H78N8O6. The number of nitrogens with one attached hydrogen (secondary N) is 4. The van der Waals surface area contributed by atoms with Crippen LogP contribution in [-0.4, -0.2) is 134 Å². The average Bonchev–Trinajstić information content (AvgIpc) is 4.15. The lowest BCUT2D eigenvalue weighted by molar-refractivity contribution is -0.117. The number of aromatic nitrogens is 4. The molecule has 0 atom stereocenters. The van der Waals surface area contributed by atoms with Crippen molar-refractivity contribution in [2.75, 3.05) is 103 Å².